The standard InChI is InChI=1S/C18H17N5O2S/c24-26(25,13-12-14-4-2-1-3-5-14)20-16-8-6-15(7-9-16)18-19-21-22-23(18)17-10-11-17/h1-9,12-13,17,20H,10-11H2/b13-12+. The summed E-state index contributed by atoms with van der Waals surface area (Å²) in [5.74, 6) is 0.700. The Morgan fingerprint density at radius 3 is 2.46 bits per heavy atom. The molecule has 1 aromatic heterocycles. The van der Waals surface area contributed by atoms with Crippen molar-refractivity contribution in [1.82, 2.24) is 20.2 Å². The Kier molecular flexibility index (Phi) is 4.26. The van der Waals surface area contributed by atoms with Crippen molar-refractivity contribution >= 4 is 21.8 Å². The molecule has 0 atom stereocenters. The van der Waals surface area contributed by atoms with Crippen molar-refractivity contribution in [2.75, 3.05) is 4.72 Å². The quantitative estimate of drug-likeness (QED) is 0.723. The number of benzene rings is 2. The van der Waals surface area contributed by atoms with Crippen LogP contribution < -0.4 is 4.72 Å². The molecule has 1 N–H and O–H groups in total. The molecule has 1 saturated carbocycles. The molecule has 0 aliphatic heterocycles. The van der Waals surface area contributed by atoms with Crippen LogP contribution in [0, 0.1) is 0 Å². The number of sulfonamides is 1. The van der Waals surface area contributed by atoms with Crippen LogP contribution in [0.2, 0.25) is 0 Å². The van der Waals surface area contributed by atoms with Crippen LogP contribution in [-0.4, -0.2) is 28.6 Å². The zero-order chi connectivity index (χ0) is 18.0. The first-order chi connectivity index (χ1) is 12.6. The normalized spacial score (nSPS) is 14.6. The number of aromatic nitrogens is 4. The van der Waals surface area contributed by atoms with Crippen LogP contribution in [0.5, 0.6) is 0 Å². The molecule has 0 bridgehead atoms. The van der Waals surface area contributed by atoms with Crippen LogP contribution in [-0.2, 0) is 10.0 Å². The van der Waals surface area contributed by atoms with E-state index in [-0.39, 0.29) is 0 Å². The summed E-state index contributed by atoms with van der Waals surface area (Å²) in [7, 11) is -3.59. The fourth-order valence-corrected chi connectivity index (χ4v) is 3.44. The molecule has 1 fully saturated rings. The summed E-state index contributed by atoms with van der Waals surface area (Å²) in [6, 6.07) is 16.7. The van der Waals surface area contributed by atoms with E-state index >= 15 is 0 Å². The second-order valence-electron chi connectivity index (χ2n) is 6.12. The summed E-state index contributed by atoms with van der Waals surface area (Å²) < 4.78 is 28.8. The van der Waals surface area contributed by atoms with Gasteiger partial charge in [-0.25, -0.2) is 13.1 Å². The smallest absolute Gasteiger partial charge is 0.255 e. The zero-order valence-electron chi connectivity index (χ0n) is 13.9. The molecule has 7 nitrogen and oxygen atoms in total. The van der Waals surface area contributed by atoms with E-state index in [9.17, 15) is 8.42 Å². The Morgan fingerprint density at radius 2 is 1.77 bits per heavy atom. The molecule has 8 heteroatoms. The van der Waals surface area contributed by atoms with Gasteiger partial charge in [0, 0.05) is 11.3 Å². The van der Waals surface area contributed by atoms with Gasteiger partial charge in [-0.3, -0.25) is 4.72 Å². The van der Waals surface area contributed by atoms with Crippen LogP contribution in [0.4, 0.5) is 5.69 Å². The van der Waals surface area contributed by atoms with Gasteiger partial charge < -0.3 is 0 Å². The first-order valence-corrected chi connectivity index (χ1v) is 9.80. The van der Waals surface area contributed by atoms with E-state index in [0.717, 1.165) is 29.4 Å². The Bertz CT molecular complexity index is 1020. The lowest BCUT2D eigenvalue weighted by Gasteiger charge is -2.06. The second-order valence-corrected chi connectivity index (χ2v) is 7.68. The number of hydrogen-bond donors (Lipinski definition) is 1. The molecule has 3 aromatic rings. The Balaban J connectivity index is 1.48. The van der Waals surface area contributed by atoms with E-state index in [2.05, 4.69) is 20.2 Å². The summed E-state index contributed by atoms with van der Waals surface area (Å²) in [5, 5.41) is 13.0. The van der Waals surface area contributed by atoms with E-state index in [1.807, 2.05) is 47.1 Å². The van der Waals surface area contributed by atoms with Crippen molar-refractivity contribution < 1.29 is 8.42 Å². The fourth-order valence-electron chi connectivity index (χ4n) is 2.57. The van der Waals surface area contributed by atoms with Crippen molar-refractivity contribution in [2.45, 2.75) is 18.9 Å². The Labute approximate surface area is 151 Å². The first-order valence-electron chi connectivity index (χ1n) is 8.25. The minimum atomic E-state index is -3.59. The summed E-state index contributed by atoms with van der Waals surface area (Å²) in [6.07, 6.45) is 3.73. The third-order valence-corrected chi connectivity index (χ3v) is 5.04. The Morgan fingerprint density at radius 1 is 1.04 bits per heavy atom. The van der Waals surface area contributed by atoms with Crippen molar-refractivity contribution in [3.05, 3.63) is 65.6 Å². The van der Waals surface area contributed by atoms with Gasteiger partial charge in [0.05, 0.1) is 11.4 Å². The SMILES string of the molecule is O=S(=O)(/C=C/c1ccccc1)Nc1ccc(-c2nnnn2C2CC2)cc1. The predicted molar refractivity (Wildman–Crippen MR) is 99.5 cm³/mol. The van der Waals surface area contributed by atoms with Crippen molar-refractivity contribution in [3.8, 4) is 11.4 Å². The maximum Gasteiger partial charge on any atom is 0.255 e. The van der Waals surface area contributed by atoms with Gasteiger partial charge in [-0.15, -0.1) is 5.10 Å². The minimum Gasteiger partial charge on any atom is -0.280 e. The van der Waals surface area contributed by atoms with Gasteiger partial charge in [0.25, 0.3) is 10.0 Å². The minimum absolute atomic E-state index is 0.376. The highest BCUT2D eigenvalue weighted by Crippen LogP contribution is 2.36. The maximum atomic E-state index is 12.2. The lowest BCUT2D eigenvalue weighted by atomic mass is 10.2. The highest BCUT2D eigenvalue weighted by Gasteiger charge is 2.28. The number of nitrogens with zero attached hydrogens (tertiary/aromatic N) is 4. The van der Waals surface area contributed by atoms with Gasteiger partial charge in [-0.1, -0.05) is 30.3 Å². The summed E-state index contributed by atoms with van der Waals surface area (Å²) in [4.78, 5) is 0. The fraction of sp³-hybridized carbons (Fsp3) is 0.167. The van der Waals surface area contributed by atoms with Crippen LogP contribution in [0.3, 0.4) is 0 Å². The average Bonchev–Trinajstić information content (AvgIpc) is 3.38. The second kappa shape index (κ2) is 6.72. The van der Waals surface area contributed by atoms with E-state index in [0.29, 0.717) is 17.6 Å². The van der Waals surface area contributed by atoms with Crippen molar-refractivity contribution in [2.24, 2.45) is 0 Å². The molecule has 132 valence electrons. The molecule has 0 spiro atoms. The molecular formula is C18H17N5O2S. The molecule has 2 aromatic carbocycles. The number of tetrazole rings is 1. The van der Waals surface area contributed by atoms with E-state index in [1.165, 1.54) is 0 Å². The third kappa shape index (κ3) is 3.80. The van der Waals surface area contributed by atoms with E-state index < -0.39 is 10.0 Å². The first kappa shape index (κ1) is 16.5. The molecule has 26 heavy (non-hydrogen) atoms. The number of hydrogen-bond acceptors (Lipinski definition) is 5. The lowest BCUT2D eigenvalue weighted by molar-refractivity contribution is 0.609. The zero-order valence-corrected chi connectivity index (χ0v) is 14.7. The highest BCUT2D eigenvalue weighted by atomic mass is 32.2. The topological polar surface area (TPSA) is 89.8 Å². The highest BCUT2D eigenvalue weighted by molar-refractivity contribution is 7.95. The summed E-state index contributed by atoms with van der Waals surface area (Å²) >= 11 is 0. The predicted octanol–water partition coefficient (Wildman–Crippen LogP) is 3.09. The van der Waals surface area contributed by atoms with Gasteiger partial charge in [0.2, 0.25) is 0 Å². The molecule has 1 aliphatic rings. The van der Waals surface area contributed by atoms with Gasteiger partial charge >= 0.3 is 0 Å². The number of anilines is 1. The summed E-state index contributed by atoms with van der Waals surface area (Å²) in [6.45, 7) is 0. The number of rotatable bonds is 6. The molecule has 0 amide bonds. The maximum absolute atomic E-state index is 12.2. The molecule has 1 aliphatic carbocycles. The van der Waals surface area contributed by atoms with Gasteiger partial charge in [0.15, 0.2) is 5.82 Å². The van der Waals surface area contributed by atoms with E-state index in [1.54, 1.807) is 18.2 Å². The molecular weight excluding hydrogens is 350 g/mol. The molecule has 0 radical (unpaired) electrons. The van der Waals surface area contributed by atoms with Gasteiger partial charge in [0.1, 0.15) is 0 Å². The van der Waals surface area contributed by atoms with E-state index in [4.69, 9.17) is 0 Å². The van der Waals surface area contributed by atoms with Crippen LogP contribution >= 0.6 is 0 Å². The third-order valence-electron chi connectivity index (χ3n) is 4.03. The van der Waals surface area contributed by atoms with Gasteiger partial charge in [-0.2, -0.15) is 0 Å². The largest absolute Gasteiger partial charge is 0.280 e. The lowest BCUT2D eigenvalue weighted by Crippen LogP contribution is -2.08. The Hall–Kier alpha value is -3.00. The average molecular weight is 367 g/mol. The molecule has 1 heterocycles. The van der Waals surface area contributed by atoms with Gasteiger partial charge in [-0.05, 0) is 59.2 Å². The van der Waals surface area contributed by atoms with Crippen molar-refractivity contribution in [3.63, 3.8) is 0 Å². The van der Waals surface area contributed by atoms with Crippen LogP contribution in [0.15, 0.2) is 60.0 Å². The van der Waals surface area contributed by atoms with Crippen LogP contribution in [0.25, 0.3) is 17.5 Å². The molecule has 0 unspecified atom stereocenters. The van der Waals surface area contributed by atoms with Crippen LogP contribution in [0.1, 0.15) is 24.4 Å². The number of nitrogens with one attached hydrogen (secondary N) is 1. The molecule has 4 rings (SSSR count). The molecule has 0 saturated heterocycles. The monoisotopic (exact) mass is 367 g/mol. The van der Waals surface area contributed by atoms with Crippen molar-refractivity contribution in [1.29, 1.82) is 0 Å². The summed E-state index contributed by atoms with van der Waals surface area (Å²) in [5.41, 5.74) is 2.15.